The van der Waals surface area contributed by atoms with E-state index in [0.717, 1.165) is 0 Å². The summed E-state index contributed by atoms with van der Waals surface area (Å²) in [5, 5.41) is 17.9. The third-order valence-electron chi connectivity index (χ3n) is 1.95. The second kappa shape index (κ2) is 3.52. The van der Waals surface area contributed by atoms with Gasteiger partial charge in [-0.25, -0.2) is 4.79 Å². The standard InChI is InChI=1S/C9H6ClNO4/c10-9-11-5-3-1-2-4(7(5)15-9)6(12)8(13)14/h1-3,6,12H,(H,13,14). The van der Waals surface area contributed by atoms with Crippen molar-refractivity contribution in [3.8, 4) is 0 Å². The lowest BCUT2D eigenvalue weighted by Gasteiger charge is -2.04. The molecular formula is C9H6ClNO4. The van der Waals surface area contributed by atoms with E-state index in [9.17, 15) is 9.90 Å². The maximum Gasteiger partial charge on any atom is 0.337 e. The average Bonchev–Trinajstić information content (AvgIpc) is 2.56. The number of benzene rings is 1. The van der Waals surface area contributed by atoms with Crippen LogP contribution in [0, 0.1) is 0 Å². The Morgan fingerprint density at radius 2 is 2.27 bits per heavy atom. The molecule has 6 heteroatoms. The van der Waals surface area contributed by atoms with Crippen LogP contribution in [0.4, 0.5) is 0 Å². The van der Waals surface area contributed by atoms with Crippen LogP contribution in [0.5, 0.6) is 0 Å². The molecule has 0 bridgehead atoms. The molecule has 5 nitrogen and oxygen atoms in total. The van der Waals surface area contributed by atoms with Gasteiger partial charge in [0.1, 0.15) is 5.52 Å². The van der Waals surface area contributed by atoms with Crippen LogP contribution in [0.1, 0.15) is 11.7 Å². The van der Waals surface area contributed by atoms with Crippen molar-refractivity contribution in [2.45, 2.75) is 6.10 Å². The number of fused-ring (bicyclic) bond motifs is 1. The van der Waals surface area contributed by atoms with E-state index in [-0.39, 0.29) is 16.5 Å². The number of oxazole rings is 1. The lowest BCUT2D eigenvalue weighted by molar-refractivity contribution is -0.146. The minimum Gasteiger partial charge on any atom is -0.479 e. The van der Waals surface area contributed by atoms with E-state index in [1.807, 2.05) is 0 Å². The number of aliphatic hydroxyl groups excluding tert-OH is 1. The maximum absolute atomic E-state index is 10.6. The Bertz CT molecular complexity index is 522. The molecule has 0 aliphatic carbocycles. The summed E-state index contributed by atoms with van der Waals surface area (Å²) < 4.78 is 5.00. The van der Waals surface area contributed by atoms with Gasteiger partial charge in [0, 0.05) is 5.56 Å². The molecule has 78 valence electrons. The van der Waals surface area contributed by atoms with Crippen molar-refractivity contribution in [1.82, 2.24) is 4.98 Å². The first kappa shape index (κ1) is 9.95. The predicted octanol–water partition coefficient (Wildman–Crippen LogP) is 1.60. The molecule has 1 aromatic carbocycles. The second-order valence-electron chi connectivity index (χ2n) is 2.90. The van der Waals surface area contributed by atoms with Crippen molar-refractivity contribution in [2.24, 2.45) is 0 Å². The molecule has 1 unspecified atom stereocenters. The number of rotatable bonds is 2. The highest BCUT2D eigenvalue weighted by Gasteiger charge is 2.21. The molecule has 0 saturated carbocycles. The molecule has 1 aromatic heterocycles. The summed E-state index contributed by atoms with van der Waals surface area (Å²) in [5.41, 5.74) is 0.745. The third-order valence-corrected chi connectivity index (χ3v) is 2.11. The van der Waals surface area contributed by atoms with Gasteiger partial charge in [-0.05, 0) is 17.7 Å². The SMILES string of the molecule is O=C(O)C(O)c1cccc2nc(Cl)oc12. The van der Waals surface area contributed by atoms with Crippen molar-refractivity contribution in [3.63, 3.8) is 0 Å². The fraction of sp³-hybridized carbons (Fsp3) is 0.111. The molecule has 0 fully saturated rings. The molecule has 15 heavy (non-hydrogen) atoms. The molecule has 0 aliphatic heterocycles. The highest BCUT2D eigenvalue weighted by Crippen LogP contribution is 2.26. The fourth-order valence-corrected chi connectivity index (χ4v) is 1.46. The van der Waals surface area contributed by atoms with Crippen LogP contribution >= 0.6 is 11.6 Å². The van der Waals surface area contributed by atoms with Crippen molar-refractivity contribution in [2.75, 3.05) is 0 Å². The van der Waals surface area contributed by atoms with Crippen LogP contribution in [0.2, 0.25) is 5.35 Å². The van der Waals surface area contributed by atoms with Crippen LogP contribution in [0.15, 0.2) is 22.6 Å². The highest BCUT2D eigenvalue weighted by atomic mass is 35.5. The van der Waals surface area contributed by atoms with Gasteiger partial charge < -0.3 is 14.6 Å². The number of hydrogen-bond donors (Lipinski definition) is 2. The highest BCUT2D eigenvalue weighted by molar-refractivity contribution is 6.28. The molecule has 0 radical (unpaired) electrons. The van der Waals surface area contributed by atoms with E-state index in [4.69, 9.17) is 21.1 Å². The summed E-state index contributed by atoms with van der Waals surface area (Å²) in [6, 6.07) is 4.63. The quantitative estimate of drug-likeness (QED) is 0.814. The Balaban J connectivity index is 2.64. The second-order valence-corrected chi connectivity index (χ2v) is 3.23. The predicted molar refractivity (Wildman–Crippen MR) is 51.6 cm³/mol. The molecule has 0 spiro atoms. The summed E-state index contributed by atoms with van der Waals surface area (Å²) >= 11 is 5.53. The first-order valence-corrected chi connectivity index (χ1v) is 4.43. The van der Waals surface area contributed by atoms with Crippen LogP contribution in [-0.2, 0) is 4.79 Å². The zero-order valence-electron chi connectivity index (χ0n) is 7.35. The van der Waals surface area contributed by atoms with Gasteiger partial charge in [-0.3, -0.25) is 0 Å². The van der Waals surface area contributed by atoms with Crippen LogP contribution in [0.3, 0.4) is 0 Å². The average molecular weight is 228 g/mol. The summed E-state index contributed by atoms with van der Waals surface area (Å²) in [7, 11) is 0. The number of aliphatic hydroxyl groups is 1. The van der Waals surface area contributed by atoms with Gasteiger partial charge in [-0.2, -0.15) is 4.98 Å². The van der Waals surface area contributed by atoms with Gasteiger partial charge in [0.2, 0.25) is 0 Å². The zero-order valence-corrected chi connectivity index (χ0v) is 8.10. The summed E-state index contributed by atoms with van der Waals surface area (Å²) in [5.74, 6) is -1.35. The van der Waals surface area contributed by atoms with Gasteiger partial charge in [-0.1, -0.05) is 12.1 Å². The molecule has 0 amide bonds. The largest absolute Gasteiger partial charge is 0.479 e. The van der Waals surface area contributed by atoms with Crippen LogP contribution in [0.25, 0.3) is 11.1 Å². The van der Waals surface area contributed by atoms with Crippen LogP contribution < -0.4 is 0 Å². The van der Waals surface area contributed by atoms with Crippen molar-refractivity contribution in [1.29, 1.82) is 0 Å². The molecular weight excluding hydrogens is 222 g/mol. The first-order chi connectivity index (χ1) is 7.09. The number of carboxylic acid groups (broad SMARTS) is 1. The van der Waals surface area contributed by atoms with Gasteiger partial charge in [0.05, 0.1) is 0 Å². The number of carbonyl (C=O) groups is 1. The van der Waals surface area contributed by atoms with Crippen LogP contribution in [-0.4, -0.2) is 21.2 Å². The minimum atomic E-state index is -1.64. The van der Waals surface area contributed by atoms with Gasteiger partial charge in [-0.15, -0.1) is 0 Å². The lowest BCUT2D eigenvalue weighted by Crippen LogP contribution is -2.10. The molecule has 2 aromatic rings. The summed E-state index contributed by atoms with van der Waals surface area (Å²) in [6.07, 6.45) is -1.64. The third kappa shape index (κ3) is 1.67. The molecule has 2 rings (SSSR count). The number of para-hydroxylation sites is 1. The smallest absolute Gasteiger partial charge is 0.337 e. The normalized spacial score (nSPS) is 12.9. The molecule has 0 saturated heterocycles. The van der Waals surface area contributed by atoms with E-state index in [1.165, 1.54) is 6.07 Å². The number of aromatic nitrogens is 1. The molecule has 1 heterocycles. The number of hydrogen-bond acceptors (Lipinski definition) is 4. The number of halogens is 1. The number of carboxylic acids is 1. The summed E-state index contributed by atoms with van der Waals surface area (Å²) in [4.78, 5) is 14.4. The van der Waals surface area contributed by atoms with Crippen molar-refractivity contribution >= 4 is 28.7 Å². The monoisotopic (exact) mass is 227 g/mol. The van der Waals surface area contributed by atoms with Gasteiger partial charge in [0.15, 0.2) is 11.7 Å². The minimum absolute atomic E-state index is 0.0879. The maximum atomic E-state index is 10.6. The molecule has 1 atom stereocenters. The van der Waals surface area contributed by atoms with E-state index in [2.05, 4.69) is 4.98 Å². The van der Waals surface area contributed by atoms with E-state index >= 15 is 0 Å². The Morgan fingerprint density at radius 3 is 2.93 bits per heavy atom. The Kier molecular flexibility index (Phi) is 2.34. The topological polar surface area (TPSA) is 83.6 Å². The lowest BCUT2D eigenvalue weighted by atomic mass is 10.1. The Morgan fingerprint density at radius 1 is 1.53 bits per heavy atom. The van der Waals surface area contributed by atoms with Gasteiger partial charge >= 0.3 is 5.97 Å². The Labute approximate surface area is 88.9 Å². The fourth-order valence-electron chi connectivity index (χ4n) is 1.29. The zero-order chi connectivity index (χ0) is 11.0. The molecule has 0 aliphatic rings. The first-order valence-electron chi connectivity index (χ1n) is 4.05. The van der Waals surface area contributed by atoms with E-state index < -0.39 is 12.1 Å². The number of aliphatic carboxylic acids is 1. The molecule has 2 N–H and O–H groups in total. The van der Waals surface area contributed by atoms with Gasteiger partial charge in [0.25, 0.3) is 5.35 Å². The van der Waals surface area contributed by atoms with Crippen molar-refractivity contribution in [3.05, 3.63) is 29.1 Å². The summed E-state index contributed by atoms with van der Waals surface area (Å²) in [6.45, 7) is 0. The Hall–Kier alpha value is -1.59. The van der Waals surface area contributed by atoms with E-state index in [1.54, 1.807) is 12.1 Å². The number of nitrogens with zero attached hydrogens (tertiary/aromatic N) is 1. The van der Waals surface area contributed by atoms with Crippen molar-refractivity contribution < 1.29 is 19.4 Å². The van der Waals surface area contributed by atoms with E-state index in [0.29, 0.717) is 5.52 Å².